The van der Waals surface area contributed by atoms with Crippen molar-refractivity contribution in [2.45, 2.75) is 13.1 Å². The van der Waals surface area contributed by atoms with Gasteiger partial charge < -0.3 is 19.8 Å². The predicted molar refractivity (Wildman–Crippen MR) is 89.2 cm³/mol. The maximum Gasteiger partial charge on any atom is 0.163 e. The second kappa shape index (κ2) is 5.76. The minimum atomic E-state index is 0.353. The van der Waals surface area contributed by atoms with E-state index in [4.69, 9.17) is 26.8 Å². The fourth-order valence-corrected chi connectivity index (χ4v) is 3.04. The van der Waals surface area contributed by atoms with E-state index in [9.17, 15) is 0 Å². The molecule has 3 aromatic rings. The van der Waals surface area contributed by atoms with Crippen LogP contribution < -0.4 is 15.2 Å². The molecule has 0 saturated heterocycles. The van der Waals surface area contributed by atoms with E-state index in [2.05, 4.69) is 9.55 Å². The number of hydrogen-bond donors (Lipinski definition) is 1. The molecule has 2 N–H and O–H groups in total. The number of imidazole rings is 1. The highest BCUT2D eigenvalue weighted by Crippen LogP contribution is 2.35. The number of fused-ring (bicyclic) bond motifs is 2. The summed E-state index contributed by atoms with van der Waals surface area (Å²) in [6.07, 6.45) is 0. The van der Waals surface area contributed by atoms with Crippen LogP contribution in [0.15, 0.2) is 36.4 Å². The Kier molecular flexibility index (Phi) is 3.59. The van der Waals surface area contributed by atoms with Gasteiger partial charge in [0.15, 0.2) is 11.5 Å². The first-order valence-corrected chi connectivity index (χ1v) is 7.86. The van der Waals surface area contributed by atoms with Gasteiger partial charge in [-0.25, -0.2) is 4.98 Å². The minimum Gasteiger partial charge on any atom is -0.486 e. The average molecular weight is 330 g/mol. The van der Waals surface area contributed by atoms with E-state index in [1.807, 2.05) is 36.4 Å². The molecule has 4 rings (SSSR count). The third kappa shape index (κ3) is 2.52. The van der Waals surface area contributed by atoms with Crippen molar-refractivity contribution in [2.75, 3.05) is 13.2 Å². The number of nitrogens with zero attached hydrogens (tertiary/aromatic N) is 2. The van der Waals surface area contributed by atoms with E-state index in [1.165, 1.54) is 0 Å². The smallest absolute Gasteiger partial charge is 0.163 e. The first-order valence-electron chi connectivity index (χ1n) is 7.48. The van der Waals surface area contributed by atoms with Gasteiger partial charge in [0, 0.05) is 17.2 Å². The number of rotatable bonds is 3. The summed E-state index contributed by atoms with van der Waals surface area (Å²) in [6.45, 7) is 2.08. The Morgan fingerprint density at radius 2 is 1.87 bits per heavy atom. The lowest BCUT2D eigenvalue weighted by Gasteiger charge is -2.18. The summed E-state index contributed by atoms with van der Waals surface area (Å²) in [5.41, 5.74) is 8.72. The molecule has 2 aromatic carbocycles. The SMILES string of the molecule is NCc1nc2cc3c(cc2n1Cc1ccccc1Cl)OCCO3. The van der Waals surface area contributed by atoms with Crippen molar-refractivity contribution in [3.63, 3.8) is 0 Å². The number of benzene rings is 2. The third-order valence-corrected chi connectivity index (χ3v) is 4.33. The third-order valence-electron chi connectivity index (χ3n) is 3.96. The molecule has 0 bridgehead atoms. The highest BCUT2D eigenvalue weighted by Gasteiger charge is 2.18. The van der Waals surface area contributed by atoms with Crippen molar-refractivity contribution >= 4 is 22.6 Å². The Hall–Kier alpha value is -2.24. The van der Waals surface area contributed by atoms with E-state index in [1.54, 1.807) is 0 Å². The van der Waals surface area contributed by atoms with E-state index in [-0.39, 0.29) is 0 Å². The highest BCUT2D eigenvalue weighted by atomic mass is 35.5. The molecule has 0 amide bonds. The van der Waals surface area contributed by atoms with Gasteiger partial charge in [-0.05, 0) is 11.6 Å². The molecule has 0 unspecified atom stereocenters. The molecular weight excluding hydrogens is 314 g/mol. The Morgan fingerprint density at radius 1 is 1.13 bits per heavy atom. The van der Waals surface area contributed by atoms with Crippen LogP contribution >= 0.6 is 11.6 Å². The van der Waals surface area contributed by atoms with Gasteiger partial charge in [0.05, 0.1) is 24.1 Å². The zero-order valence-corrected chi connectivity index (χ0v) is 13.2. The van der Waals surface area contributed by atoms with Crippen molar-refractivity contribution in [2.24, 2.45) is 5.73 Å². The highest BCUT2D eigenvalue weighted by molar-refractivity contribution is 6.31. The fraction of sp³-hybridized carbons (Fsp3) is 0.235. The first-order chi connectivity index (χ1) is 11.3. The second-order valence-corrected chi connectivity index (χ2v) is 5.80. The summed E-state index contributed by atoms with van der Waals surface area (Å²) >= 11 is 6.29. The Labute approximate surface area is 138 Å². The van der Waals surface area contributed by atoms with Crippen molar-refractivity contribution in [3.05, 3.63) is 52.8 Å². The molecule has 0 atom stereocenters. The second-order valence-electron chi connectivity index (χ2n) is 5.39. The largest absolute Gasteiger partial charge is 0.486 e. The van der Waals surface area contributed by atoms with Gasteiger partial charge in [0.1, 0.15) is 19.0 Å². The summed E-state index contributed by atoms with van der Waals surface area (Å²) in [5, 5.41) is 0.731. The molecule has 1 aliphatic heterocycles. The van der Waals surface area contributed by atoms with E-state index in [0.717, 1.165) is 38.9 Å². The Morgan fingerprint density at radius 3 is 2.61 bits per heavy atom. The molecule has 0 saturated carbocycles. The summed E-state index contributed by atoms with van der Waals surface area (Å²) in [5.74, 6) is 2.28. The molecule has 5 nitrogen and oxygen atoms in total. The number of hydrogen-bond acceptors (Lipinski definition) is 4. The summed E-state index contributed by atoms with van der Waals surface area (Å²) in [7, 11) is 0. The molecule has 6 heteroatoms. The maximum absolute atomic E-state index is 6.29. The van der Waals surface area contributed by atoms with Crippen molar-refractivity contribution in [1.82, 2.24) is 9.55 Å². The quantitative estimate of drug-likeness (QED) is 0.802. The van der Waals surface area contributed by atoms with Crippen LogP contribution in [0.3, 0.4) is 0 Å². The lowest BCUT2D eigenvalue weighted by molar-refractivity contribution is 0.172. The molecule has 0 radical (unpaired) electrons. The standard InChI is InChI=1S/C17H16ClN3O2/c18-12-4-2-1-3-11(12)10-21-14-8-16-15(22-5-6-23-16)7-13(14)20-17(21)9-19/h1-4,7-8H,5-6,9-10,19H2. The summed E-state index contributed by atoms with van der Waals surface area (Å²) < 4.78 is 13.4. The van der Waals surface area contributed by atoms with Crippen LogP contribution in [0.1, 0.15) is 11.4 Å². The molecule has 1 aromatic heterocycles. The molecule has 0 spiro atoms. The topological polar surface area (TPSA) is 62.3 Å². The molecule has 1 aliphatic rings. The van der Waals surface area contributed by atoms with Gasteiger partial charge in [-0.2, -0.15) is 0 Å². The van der Waals surface area contributed by atoms with Crippen molar-refractivity contribution in [1.29, 1.82) is 0 Å². The van der Waals surface area contributed by atoms with Crippen LogP contribution in [0, 0.1) is 0 Å². The zero-order chi connectivity index (χ0) is 15.8. The molecular formula is C17H16ClN3O2. The van der Waals surface area contributed by atoms with Crippen molar-refractivity contribution in [3.8, 4) is 11.5 Å². The predicted octanol–water partition coefficient (Wildman–Crippen LogP) is 2.97. The maximum atomic E-state index is 6.29. The lowest BCUT2D eigenvalue weighted by atomic mass is 10.2. The van der Waals surface area contributed by atoms with Gasteiger partial charge in [-0.1, -0.05) is 29.8 Å². The normalized spacial score (nSPS) is 13.5. The first kappa shape index (κ1) is 14.4. The van der Waals surface area contributed by atoms with Crippen LogP contribution in [0.25, 0.3) is 11.0 Å². The number of ether oxygens (including phenoxy) is 2. The van der Waals surface area contributed by atoms with Gasteiger partial charge >= 0.3 is 0 Å². The van der Waals surface area contributed by atoms with Gasteiger partial charge in [0.2, 0.25) is 0 Å². The Bertz CT molecular complexity index is 876. The zero-order valence-electron chi connectivity index (χ0n) is 12.5. The van der Waals surface area contributed by atoms with E-state index in [0.29, 0.717) is 26.3 Å². The minimum absolute atomic E-state index is 0.353. The summed E-state index contributed by atoms with van der Waals surface area (Å²) in [4.78, 5) is 4.62. The average Bonchev–Trinajstić information content (AvgIpc) is 2.91. The molecule has 2 heterocycles. The lowest BCUT2D eigenvalue weighted by Crippen LogP contribution is -2.15. The van der Waals surface area contributed by atoms with Crippen LogP contribution in [0.5, 0.6) is 11.5 Å². The van der Waals surface area contributed by atoms with Crippen LogP contribution in [-0.4, -0.2) is 22.8 Å². The molecule has 0 fully saturated rings. The summed E-state index contributed by atoms with van der Waals surface area (Å²) in [6, 6.07) is 11.7. The molecule has 23 heavy (non-hydrogen) atoms. The number of nitrogens with two attached hydrogens (primary N) is 1. The van der Waals surface area contributed by atoms with Crippen LogP contribution in [0.2, 0.25) is 5.02 Å². The monoisotopic (exact) mass is 329 g/mol. The van der Waals surface area contributed by atoms with E-state index < -0.39 is 0 Å². The number of halogens is 1. The van der Waals surface area contributed by atoms with Crippen LogP contribution in [-0.2, 0) is 13.1 Å². The van der Waals surface area contributed by atoms with Gasteiger partial charge in [0.25, 0.3) is 0 Å². The van der Waals surface area contributed by atoms with E-state index >= 15 is 0 Å². The van der Waals surface area contributed by atoms with Crippen LogP contribution in [0.4, 0.5) is 0 Å². The number of aromatic nitrogens is 2. The fourth-order valence-electron chi connectivity index (χ4n) is 2.84. The van der Waals surface area contributed by atoms with Crippen molar-refractivity contribution < 1.29 is 9.47 Å². The molecule has 118 valence electrons. The van der Waals surface area contributed by atoms with Gasteiger partial charge in [-0.15, -0.1) is 0 Å². The molecule has 0 aliphatic carbocycles. The Balaban J connectivity index is 1.85. The van der Waals surface area contributed by atoms with Gasteiger partial charge in [-0.3, -0.25) is 0 Å².